The van der Waals surface area contributed by atoms with E-state index < -0.39 is 0 Å². The molecule has 0 bridgehead atoms. The maximum absolute atomic E-state index is 2.49. The van der Waals surface area contributed by atoms with Crippen LogP contribution in [0, 0.1) is 17.8 Å². The van der Waals surface area contributed by atoms with Crippen LogP contribution in [0.2, 0.25) is 0 Å². The minimum absolute atomic E-state index is 0.865. The van der Waals surface area contributed by atoms with Crippen LogP contribution < -0.4 is 0 Å². The fourth-order valence-electron chi connectivity index (χ4n) is 2.66. The van der Waals surface area contributed by atoms with Crippen LogP contribution in [-0.4, -0.2) is 0 Å². The summed E-state index contributed by atoms with van der Waals surface area (Å²) in [5.41, 5.74) is 3.01. The molecule has 0 N–H and O–H groups in total. The van der Waals surface area contributed by atoms with Crippen LogP contribution in [0.5, 0.6) is 0 Å². The molecule has 2 rings (SSSR count). The first-order valence-corrected chi connectivity index (χ1v) is 5.04. The molecule has 2 atom stereocenters. The van der Waals surface area contributed by atoms with Crippen LogP contribution in [0.4, 0.5) is 0 Å². The number of fused-ring (bicyclic) bond motifs is 1. The molecule has 0 amide bonds. The van der Waals surface area contributed by atoms with Crippen molar-refractivity contribution in [1.29, 1.82) is 0 Å². The molecule has 0 spiro atoms. The Morgan fingerprint density at radius 3 is 1.83 bits per heavy atom. The molecular weight excluding hydrogens is 144 g/mol. The van der Waals surface area contributed by atoms with Crippen LogP contribution in [0.1, 0.15) is 33.6 Å². The molecule has 66 valence electrons. The highest BCUT2D eigenvalue weighted by molar-refractivity contribution is 5.33. The average Bonchev–Trinajstić information content (AvgIpc) is 2.30. The van der Waals surface area contributed by atoms with Gasteiger partial charge in [0.15, 0.2) is 0 Å². The van der Waals surface area contributed by atoms with Crippen LogP contribution in [0.15, 0.2) is 23.3 Å². The predicted octanol–water partition coefficient (Wildman–Crippen LogP) is 3.55. The summed E-state index contributed by atoms with van der Waals surface area (Å²) in [6.07, 6.45) is 7.80. The van der Waals surface area contributed by atoms with Gasteiger partial charge in [-0.25, -0.2) is 0 Å². The average molecular weight is 162 g/mol. The van der Waals surface area contributed by atoms with E-state index in [1.54, 1.807) is 0 Å². The van der Waals surface area contributed by atoms with Gasteiger partial charge in [-0.15, -0.1) is 0 Å². The topological polar surface area (TPSA) is 0 Å². The van der Waals surface area contributed by atoms with Gasteiger partial charge in [0.25, 0.3) is 0 Å². The van der Waals surface area contributed by atoms with Gasteiger partial charge in [-0.05, 0) is 44.4 Å². The maximum atomic E-state index is 2.49. The third kappa shape index (κ3) is 1.24. The number of hydrogen-bond acceptors (Lipinski definition) is 0. The normalized spacial score (nSPS) is 40.4. The Bertz CT molecular complexity index is 219. The van der Waals surface area contributed by atoms with E-state index in [1.165, 1.54) is 24.0 Å². The molecule has 0 aromatic heterocycles. The second-order valence-corrected chi connectivity index (χ2v) is 4.60. The van der Waals surface area contributed by atoms with Gasteiger partial charge in [-0.1, -0.05) is 30.2 Å². The van der Waals surface area contributed by atoms with Crippen LogP contribution in [0.25, 0.3) is 0 Å². The molecule has 0 radical (unpaired) electrons. The Balaban J connectivity index is 2.23. The van der Waals surface area contributed by atoms with E-state index in [2.05, 4.69) is 32.9 Å². The summed E-state index contributed by atoms with van der Waals surface area (Å²) >= 11 is 0. The lowest BCUT2D eigenvalue weighted by atomic mass is 9.85. The summed E-state index contributed by atoms with van der Waals surface area (Å²) in [6.45, 7) is 6.86. The highest BCUT2D eigenvalue weighted by Gasteiger charge is 2.30. The summed E-state index contributed by atoms with van der Waals surface area (Å²) in [5, 5.41) is 0. The highest BCUT2D eigenvalue weighted by Crippen LogP contribution is 2.42. The van der Waals surface area contributed by atoms with Gasteiger partial charge in [0.1, 0.15) is 0 Å². The zero-order valence-electron chi connectivity index (χ0n) is 8.30. The van der Waals surface area contributed by atoms with E-state index >= 15 is 0 Å². The number of allylic oxidation sites excluding steroid dienone is 4. The van der Waals surface area contributed by atoms with Crippen LogP contribution in [-0.2, 0) is 0 Å². The Labute approximate surface area is 75.4 Å². The van der Waals surface area contributed by atoms with Crippen molar-refractivity contribution in [3.63, 3.8) is 0 Å². The molecule has 2 unspecified atom stereocenters. The molecule has 0 aliphatic heterocycles. The number of rotatable bonds is 0. The van der Waals surface area contributed by atoms with Gasteiger partial charge < -0.3 is 0 Å². The second kappa shape index (κ2) is 2.76. The SMILES string of the molecule is CC1=CC2CC(C)CC2C=C1C. The van der Waals surface area contributed by atoms with Crippen molar-refractivity contribution in [2.24, 2.45) is 17.8 Å². The lowest BCUT2D eigenvalue weighted by molar-refractivity contribution is 0.544. The molecule has 1 saturated carbocycles. The van der Waals surface area contributed by atoms with Gasteiger partial charge in [0.05, 0.1) is 0 Å². The predicted molar refractivity (Wildman–Crippen MR) is 52.9 cm³/mol. The zero-order chi connectivity index (χ0) is 8.72. The molecule has 0 aromatic carbocycles. The van der Waals surface area contributed by atoms with Crippen molar-refractivity contribution in [2.75, 3.05) is 0 Å². The Morgan fingerprint density at radius 1 is 1.00 bits per heavy atom. The van der Waals surface area contributed by atoms with E-state index in [1.807, 2.05) is 0 Å². The largest absolute Gasteiger partial charge is 0.0776 e. The second-order valence-electron chi connectivity index (χ2n) is 4.60. The summed E-state index contributed by atoms with van der Waals surface area (Å²) < 4.78 is 0. The molecule has 2 aliphatic rings. The lowest BCUT2D eigenvalue weighted by Crippen LogP contribution is -2.08. The molecule has 1 fully saturated rings. The minimum Gasteiger partial charge on any atom is -0.0776 e. The number of hydrogen-bond donors (Lipinski definition) is 0. The molecule has 0 heterocycles. The van der Waals surface area contributed by atoms with Crippen molar-refractivity contribution in [3.8, 4) is 0 Å². The maximum Gasteiger partial charge on any atom is -0.0162 e. The van der Waals surface area contributed by atoms with Gasteiger partial charge in [0.2, 0.25) is 0 Å². The third-order valence-electron chi connectivity index (χ3n) is 3.45. The molecule has 0 aromatic rings. The van der Waals surface area contributed by atoms with Gasteiger partial charge in [0, 0.05) is 0 Å². The molecule has 2 aliphatic carbocycles. The fourth-order valence-corrected chi connectivity index (χ4v) is 2.66. The molecule has 12 heavy (non-hydrogen) atoms. The smallest absolute Gasteiger partial charge is 0.0162 e. The lowest BCUT2D eigenvalue weighted by Gasteiger charge is -2.20. The van der Waals surface area contributed by atoms with Crippen molar-refractivity contribution in [1.82, 2.24) is 0 Å². The summed E-state index contributed by atoms with van der Waals surface area (Å²) in [4.78, 5) is 0. The summed E-state index contributed by atoms with van der Waals surface area (Å²) in [5.74, 6) is 2.67. The van der Waals surface area contributed by atoms with Crippen molar-refractivity contribution < 1.29 is 0 Å². The molecule has 0 nitrogen and oxygen atoms in total. The van der Waals surface area contributed by atoms with E-state index in [4.69, 9.17) is 0 Å². The van der Waals surface area contributed by atoms with Crippen LogP contribution >= 0.6 is 0 Å². The van der Waals surface area contributed by atoms with Crippen molar-refractivity contribution in [2.45, 2.75) is 33.6 Å². The molecule has 0 saturated heterocycles. The Hall–Kier alpha value is -0.520. The van der Waals surface area contributed by atoms with Gasteiger partial charge >= 0.3 is 0 Å². The zero-order valence-corrected chi connectivity index (χ0v) is 8.30. The minimum atomic E-state index is 0.865. The van der Waals surface area contributed by atoms with Gasteiger partial charge in [-0.3, -0.25) is 0 Å². The third-order valence-corrected chi connectivity index (χ3v) is 3.45. The summed E-state index contributed by atoms with van der Waals surface area (Å²) in [6, 6.07) is 0. The van der Waals surface area contributed by atoms with E-state index in [0.717, 1.165) is 17.8 Å². The van der Waals surface area contributed by atoms with E-state index in [9.17, 15) is 0 Å². The first-order chi connectivity index (χ1) is 5.66. The van der Waals surface area contributed by atoms with E-state index in [-0.39, 0.29) is 0 Å². The van der Waals surface area contributed by atoms with Crippen molar-refractivity contribution >= 4 is 0 Å². The highest BCUT2D eigenvalue weighted by atomic mass is 14.4. The van der Waals surface area contributed by atoms with Crippen molar-refractivity contribution in [3.05, 3.63) is 23.3 Å². The fraction of sp³-hybridized carbons (Fsp3) is 0.667. The Morgan fingerprint density at radius 2 is 1.42 bits per heavy atom. The standard InChI is InChI=1S/C12H18/c1-8-4-11-6-9(2)10(3)7-12(11)5-8/h6-8,11-12H,4-5H2,1-3H3. The first-order valence-electron chi connectivity index (χ1n) is 5.04. The summed E-state index contributed by atoms with van der Waals surface area (Å²) in [7, 11) is 0. The molecule has 0 heteroatoms. The quantitative estimate of drug-likeness (QED) is 0.511. The Kier molecular flexibility index (Phi) is 1.86. The van der Waals surface area contributed by atoms with E-state index in [0.29, 0.717) is 0 Å². The first kappa shape index (κ1) is 8.10. The van der Waals surface area contributed by atoms with Gasteiger partial charge in [-0.2, -0.15) is 0 Å². The molecular formula is C12H18. The monoisotopic (exact) mass is 162 g/mol. The van der Waals surface area contributed by atoms with Crippen LogP contribution in [0.3, 0.4) is 0 Å².